The van der Waals surface area contributed by atoms with Gasteiger partial charge in [0, 0.05) is 19.0 Å². The summed E-state index contributed by atoms with van der Waals surface area (Å²) in [7, 11) is 0. The zero-order chi connectivity index (χ0) is 14.6. The number of amides is 2. The molecule has 3 N–H and O–H groups in total. The molecule has 19 heavy (non-hydrogen) atoms. The Kier molecular flexibility index (Phi) is 5.60. The molecule has 1 aliphatic heterocycles. The number of nitrogens with one attached hydrogen (secondary N) is 1. The molecule has 0 aromatic rings. The van der Waals surface area contributed by atoms with Gasteiger partial charge in [0.1, 0.15) is 6.04 Å². The van der Waals surface area contributed by atoms with Gasteiger partial charge in [-0.15, -0.1) is 0 Å². The normalized spacial score (nSPS) is 24.6. The first-order chi connectivity index (χ1) is 8.90. The van der Waals surface area contributed by atoms with Gasteiger partial charge >= 0.3 is 12.0 Å². The average molecular weight is 272 g/mol. The molecular formula is C13H24N2O4. The number of nitrogens with zero attached hydrogens (tertiary/aromatic N) is 1. The molecule has 0 spiro atoms. The van der Waals surface area contributed by atoms with Gasteiger partial charge < -0.3 is 20.4 Å². The Hall–Kier alpha value is -1.30. The maximum absolute atomic E-state index is 12.1. The van der Waals surface area contributed by atoms with Crippen molar-refractivity contribution >= 4 is 12.0 Å². The second-order valence-corrected chi connectivity index (χ2v) is 5.21. The van der Waals surface area contributed by atoms with E-state index in [2.05, 4.69) is 19.2 Å². The number of likely N-dealkylation sites (tertiary alicyclic amines) is 1. The predicted molar refractivity (Wildman–Crippen MR) is 70.8 cm³/mol. The van der Waals surface area contributed by atoms with Crippen LogP contribution in [0.5, 0.6) is 0 Å². The molecule has 0 bridgehead atoms. The van der Waals surface area contributed by atoms with Gasteiger partial charge in [0.2, 0.25) is 0 Å². The van der Waals surface area contributed by atoms with Crippen molar-refractivity contribution in [3.8, 4) is 0 Å². The van der Waals surface area contributed by atoms with Crippen LogP contribution < -0.4 is 5.32 Å². The number of carboxylic acids is 1. The second kappa shape index (κ2) is 6.75. The highest BCUT2D eigenvalue weighted by Gasteiger charge is 2.39. The second-order valence-electron chi connectivity index (χ2n) is 5.21. The van der Waals surface area contributed by atoms with E-state index in [4.69, 9.17) is 5.11 Å². The third-order valence-electron chi connectivity index (χ3n) is 3.93. The lowest BCUT2D eigenvalue weighted by molar-refractivity contribution is -0.141. The molecule has 1 aliphatic rings. The maximum atomic E-state index is 12.1. The lowest BCUT2D eigenvalue weighted by atomic mass is 9.96. The summed E-state index contributed by atoms with van der Waals surface area (Å²) in [5.41, 5.74) is 0. The number of rotatable bonds is 5. The number of aliphatic carboxylic acids is 1. The Morgan fingerprint density at radius 1 is 1.37 bits per heavy atom. The zero-order valence-electron chi connectivity index (χ0n) is 11.8. The lowest BCUT2D eigenvalue weighted by Crippen LogP contribution is -2.50. The largest absolute Gasteiger partial charge is 0.480 e. The third-order valence-corrected chi connectivity index (χ3v) is 3.93. The zero-order valence-corrected chi connectivity index (χ0v) is 11.8. The highest BCUT2D eigenvalue weighted by Crippen LogP contribution is 2.19. The lowest BCUT2D eigenvalue weighted by Gasteiger charge is -2.27. The molecule has 0 aromatic heterocycles. The SMILES string of the molecule is CCC(CC)C(C)NC(=O)N1C[C@H](O)C[C@@H]1C(=O)O. The van der Waals surface area contributed by atoms with Gasteiger partial charge in [0.05, 0.1) is 6.10 Å². The minimum atomic E-state index is -1.07. The molecule has 1 heterocycles. The van der Waals surface area contributed by atoms with Gasteiger partial charge in [-0.1, -0.05) is 26.7 Å². The molecule has 1 rings (SSSR count). The van der Waals surface area contributed by atoms with Gasteiger partial charge in [0.25, 0.3) is 0 Å². The minimum absolute atomic E-state index is 0.00492. The van der Waals surface area contributed by atoms with E-state index >= 15 is 0 Å². The molecule has 6 nitrogen and oxygen atoms in total. The van der Waals surface area contributed by atoms with Gasteiger partial charge in [-0.25, -0.2) is 9.59 Å². The van der Waals surface area contributed by atoms with Crippen LogP contribution in [0.15, 0.2) is 0 Å². The van der Waals surface area contributed by atoms with Crippen molar-refractivity contribution < 1.29 is 19.8 Å². The molecular weight excluding hydrogens is 248 g/mol. The smallest absolute Gasteiger partial charge is 0.326 e. The van der Waals surface area contributed by atoms with Crippen molar-refractivity contribution in [2.75, 3.05) is 6.54 Å². The molecule has 110 valence electrons. The van der Waals surface area contributed by atoms with Crippen LogP contribution >= 0.6 is 0 Å². The molecule has 1 fully saturated rings. The van der Waals surface area contributed by atoms with Crippen LogP contribution in [0.2, 0.25) is 0 Å². The van der Waals surface area contributed by atoms with E-state index in [0.29, 0.717) is 5.92 Å². The van der Waals surface area contributed by atoms with Crippen LogP contribution in [0.4, 0.5) is 4.79 Å². The van der Waals surface area contributed by atoms with Crippen LogP contribution in [0.3, 0.4) is 0 Å². The number of carbonyl (C=O) groups is 2. The highest BCUT2D eigenvalue weighted by atomic mass is 16.4. The topological polar surface area (TPSA) is 89.9 Å². The number of aliphatic hydroxyl groups excluding tert-OH is 1. The number of β-amino-alcohol motifs (C(OH)–C–C–N with tert-alkyl or cyclic N) is 1. The molecule has 0 radical (unpaired) electrons. The highest BCUT2D eigenvalue weighted by molar-refractivity contribution is 5.83. The van der Waals surface area contributed by atoms with Crippen LogP contribution in [-0.4, -0.2) is 51.8 Å². The van der Waals surface area contributed by atoms with E-state index in [1.165, 1.54) is 4.90 Å². The Morgan fingerprint density at radius 2 is 1.95 bits per heavy atom. The first-order valence-corrected chi connectivity index (χ1v) is 6.88. The molecule has 1 saturated heterocycles. The Labute approximate surface area is 113 Å². The van der Waals surface area contributed by atoms with Crippen molar-refractivity contribution in [1.82, 2.24) is 10.2 Å². The van der Waals surface area contributed by atoms with Gasteiger partial charge in [-0.05, 0) is 12.8 Å². The van der Waals surface area contributed by atoms with Crippen LogP contribution in [0, 0.1) is 5.92 Å². The molecule has 3 atom stereocenters. The van der Waals surface area contributed by atoms with E-state index in [-0.39, 0.29) is 19.0 Å². The molecule has 0 saturated carbocycles. The third kappa shape index (κ3) is 3.83. The van der Waals surface area contributed by atoms with E-state index < -0.39 is 24.1 Å². The van der Waals surface area contributed by atoms with Crippen molar-refractivity contribution in [2.45, 2.75) is 58.2 Å². The number of carbonyl (C=O) groups excluding carboxylic acids is 1. The Morgan fingerprint density at radius 3 is 2.42 bits per heavy atom. The first kappa shape index (κ1) is 15.8. The average Bonchev–Trinajstić information content (AvgIpc) is 2.73. The summed E-state index contributed by atoms with van der Waals surface area (Å²) in [5, 5.41) is 21.4. The standard InChI is InChI=1S/C13H24N2O4/c1-4-9(5-2)8(3)14-13(19)15-7-10(16)6-11(15)12(17)18/h8-11,16H,4-7H2,1-3H3,(H,14,19)(H,17,18)/t8?,10-,11-/m1/s1. The van der Waals surface area contributed by atoms with Crippen molar-refractivity contribution in [2.24, 2.45) is 5.92 Å². The fraction of sp³-hybridized carbons (Fsp3) is 0.846. The summed E-state index contributed by atoms with van der Waals surface area (Å²) in [6.07, 6.45) is 1.27. The minimum Gasteiger partial charge on any atom is -0.480 e. The quantitative estimate of drug-likeness (QED) is 0.697. The number of carboxylic acid groups (broad SMARTS) is 1. The fourth-order valence-electron chi connectivity index (χ4n) is 2.66. The van der Waals surface area contributed by atoms with Crippen LogP contribution in [0.1, 0.15) is 40.0 Å². The van der Waals surface area contributed by atoms with Gasteiger partial charge in [-0.2, -0.15) is 0 Å². The number of urea groups is 1. The monoisotopic (exact) mass is 272 g/mol. The molecule has 0 aromatic carbocycles. The van der Waals surface area contributed by atoms with Gasteiger partial charge in [-0.3, -0.25) is 0 Å². The molecule has 2 amide bonds. The summed E-state index contributed by atoms with van der Waals surface area (Å²) in [5.74, 6) is -0.693. The molecule has 6 heteroatoms. The predicted octanol–water partition coefficient (Wildman–Crippen LogP) is 1.04. The summed E-state index contributed by atoms with van der Waals surface area (Å²) in [4.78, 5) is 24.4. The summed E-state index contributed by atoms with van der Waals surface area (Å²) in [6.45, 7) is 6.14. The Bertz CT molecular complexity index is 331. The van der Waals surface area contributed by atoms with Crippen LogP contribution in [-0.2, 0) is 4.79 Å². The number of hydrogen-bond acceptors (Lipinski definition) is 3. The van der Waals surface area contributed by atoms with E-state index in [0.717, 1.165) is 12.8 Å². The fourth-order valence-corrected chi connectivity index (χ4v) is 2.66. The van der Waals surface area contributed by atoms with Gasteiger partial charge in [0.15, 0.2) is 0 Å². The number of aliphatic hydroxyl groups is 1. The van der Waals surface area contributed by atoms with E-state index in [1.54, 1.807) is 0 Å². The van der Waals surface area contributed by atoms with Crippen molar-refractivity contribution in [3.63, 3.8) is 0 Å². The van der Waals surface area contributed by atoms with Crippen molar-refractivity contribution in [3.05, 3.63) is 0 Å². The molecule has 1 unspecified atom stereocenters. The summed E-state index contributed by atoms with van der Waals surface area (Å²) in [6, 6.07) is -1.33. The molecule has 0 aliphatic carbocycles. The Balaban J connectivity index is 2.64. The maximum Gasteiger partial charge on any atom is 0.326 e. The van der Waals surface area contributed by atoms with E-state index in [1.807, 2.05) is 6.92 Å². The van der Waals surface area contributed by atoms with E-state index in [9.17, 15) is 14.7 Å². The summed E-state index contributed by atoms with van der Waals surface area (Å²) >= 11 is 0. The summed E-state index contributed by atoms with van der Waals surface area (Å²) < 4.78 is 0. The number of hydrogen-bond donors (Lipinski definition) is 3. The first-order valence-electron chi connectivity index (χ1n) is 6.88. The van der Waals surface area contributed by atoms with Crippen LogP contribution in [0.25, 0.3) is 0 Å². The van der Waals surface area contributed by atoms with Crippen molar-refractivity contribution in [1.29, 1.82) is 0 Å².